The van der Waals surface area contributed by atoms with Crippen molar-refractivity contribution >= 4 is 0 Å². The van der Waals surface area contributed by atoms with Gasteiger partial charge >= 0.3 is 0 Å². The second-order valence-electron chi connectivity index (χ2n) is 12.8. The first kappa shape index (κ1) is 27.3. The highest BCUT2D eigenvalue weighted by Crippen LogP contribution is 2.40. The summed E-state index contributed by atoms with van der Waals surface area (Å²) in [7, 11) is 0. The minimum absolute atomic E-state index is 0.0428. The topological polar surface area (TPSA) is 25.4 Å². The normalized spacial score (nSPS) is 33.0. The van der Waals surface area contributed by atoms with Crippen LogP contribution >= 0.6 is 0 Å². The molecule has 0 amide bonds. The van der Waals surface area contributed by atoms with Crippen LogP contribution in [0, 0.1) is 11.8 Å². The Labute approximate surface area is 222 Å². The third-order valence-corrected chi connectivity index (χ3v) is 10.9. The zero-order chi connectivity index (χ0) is 25.0. The predicted octanol–water partition coefficient (Wildman–Crippen LogP) is 4.51. The summed E-state index contributed by atoms with van der Waals surface area (Å²) >= 11 is 0. The van der Waals surface area contributed by atoms with Crippen LogP contribution in [0.2, 0.25) is 0 Å². The van der Waals surface area contributed by atoms with Gasteiger partial charge in [-0.05, 0) is 89.4 Å². The first-order valence-corrected chi connectivity index (χ1v) is 16.0. The average Bonchev–Trinajstić information content (AvgIpc) is 2.95. The van der Waals surface area contributed by atoms with Gasteiger partial charge in [-0.25, -0.2) is 10.0 Å². The highest BCUT2D eigenvalue weighted by molar-refractivity contribution is 5.00. The number of rotatable bonds is 7. The van der Waals surface area contributed by atoms with E-state index in [1.165, 1.54) is 123 Å². The molecule has 5 rings (SSSR count). The summed E-state index contributed by atoms with van der Waals surface area (Å²) in [5.41, 5.74) is 0.0428. The van der Waals surface area contributed by atoms with Gasteiger partial charge in [-0.15, -0.1) is 0 Å². The molecule has 0 saturated carbocycles. The lowest BCUT2D eigenvalue weighted by atomic mass is 9.83. The van der Waals surface area contributed by atoms with Crippen LogP contribution in [0.25, 0.3) is 0 Å². The summed E-state index contributed by atoms with van der Waals surface area (Å²) in [5, 5.41) is 5.66. The Hall–Kier alpha value is -0.240. The van der Waals surface area contributed by atoms with Gasteiger partial charge in [-0.2, -0.15) is 0 Å². The Morgan fingerprint density at radius 2 is 1.28 bits per heavy atom. The van der Waals surface area contributed by atoms with Gasteiger partial charge in [0.15, 0.2) is 0 Å². The molecule has 1 atom stereocenters. The molecular formula is C30H57N5O. The molecule has 5 aliphatic rings. The molecule has 5 fully saturated rings. The maximum Gasteiger partial charge on any atom is 0.114 e. The minimum Gasteiger partial charge on any atom is -0.377 e. The van der Waals surface area contributed by atoms with Crippen molar-refractivity contribution in [3.8, 4) is 0 Å². The van der Waals surface area contributed by atoms with Crippen LogP contribution in [-0.4, -0.2) is 115 Å². The SMILES string of the molecule is CCC(CC)C1(N2CCC(N3CCC(C)CC3)CC2)COCCN1N1CCC(N2CCCCC2)CC1. The maximum absolute atomic E-state index is 6.39. The van der Waals surface area contributed by atoms with Crippen molar-refractivity contribution in [2.45, 2.75) is 109 Å². The van der Waals surface area contributed by atoms with Crippen LogP contribution < -0.4 is 0 Å². The van der Waals surface area contributed by atoms with E-state index >= 15 is 0 Å². The molecule has 36 heavy (non-hydrogen) atoms. The molecule has 5 aliphatic heterocycles. The lowest BCUT2D eigenvalue weighted by Gasteiger charge is -2.61. The summed E-state index contributed by atoms with van der Waals surface area (Å²) in [6.07, 6.45) is 14.9. The van der Waals surface area contributed by atoms with Gasteiger partial charge in [0.2, 0.25) is 0 Å². The van der Waals surface area contributed by atoms with E-state index in [-0.39, 0.29) is 5.66 Å². The third-order valence-electron chi connectivity index (χ3n) is 10.9. The molecule has 0 bridgehead atoms. The van der Waals surface area contributed by atoms with E-state index in [0.29, 0.717) is 5.92 Å². The quantitative estimate of drug-likeness (QED) is 0.507. The van der Waals surface area contributed by atoms with Crippen LogP contribution in [0.1, 0.15) is 91.4 Å². The van der Waals surface area contributed by atoms with Gasteiger partial charge in [0.25, 0.3) is 0 Å². The van der Waals surface area contributed by atoms with E-state index in [1.54, 1.807) is 0 Å². The molecule has 5 saturated heterocycles. The fraction of sp³-hybridized carbons (Fsp3) is 1.00. The smallest absolute Gasteiger partial charge is 0.114 e. The number of nitrogens with zero attached hydrogens (tertiary/aromatic N) is 5. The first-order valence-electron chi connectivity index (χ1n) is 16.0. The van der Waals surface area contributed by atoms with Gasteiger partial charge < -0.3 is 14.5 Å². The number of likely N-dealkylation sites (tertiary alicyclic amines) is 3. The number of hydrazine groups is 1. The van der Waals surface area contributed by atoms with Crippen LogP contribution in [-0.2, 0) is 4.74 Å². The lowest BCUT2D eigenvalue weighted by Crippen LogP contribution is -2.75. The molecule has 208 valence electrons. The van der Waals surface area contributed by atoms with E-state index in [2.05, 4.69) is 45.5 Å². The van der Waals surface area contributed by atoms with Crippen LogP contribution in [0.15, 0.2) is 0 Å². The zero-order valence-corrected chi connectivity index (χ0v) is 24.0. The van der Waals surface area contributed by atoms with Crippen LogP contribution in [0.4, 0.5) is 0 Å². The molecule has 0 aromatic carbocycles. The van der Waals surface area contributed by atoms with Gasteiger partial charge in [0.1, 0.15) is 5.66 Å². The van der Waals surface area contributed by atoms with E-state index < -0.39 is 0 Å². The molecular weight excluding hydrogens is 446 g/mol. The molecule has 0 spiro atoms. The number of piperidine rings is 4. The second-order valence-corrected chi connectivity index (χ2v) is 12.8. The summed E-state index contributed by atoms with van der Waals surface area (Å²) in [5.74, 6) is 1.58. The Morgan fingerprint density at radius 3 is 1.89 bits per heavy atom. The van der Waals surface area contributed by atoms with Crippen molar-refractivity contribution in [2.75, 3.05) is 72.1 Å². The van der Waals surface area contributed by atoms with E-state index in [4.69, 9.17) is 4.74 Å². The summed E-state index contributed by atoms with van der Waals surface area (Å²) in [6, 6.07) is 1.61. The summed E-state index contributed by atoms with van der Waals surface area (Å²) in [6.45, 7) is 20.4. The molecule has 6 nitrogen and oxygen atoms in total. The zero-order valence-electron chi connectivity index (χ0n) is 24.0. The molecule has 0 N–H and O–H groups in total. The Morgan fingerprint density at radius 1 is 0.694 bits per heavy atom. The Balaban J connectivity index is 1.27. The molecule has 0 radical (unpaired) electrons. The monoisotopic (exact) mass is 503 g/mol. The van der Waals surface area contributed by atoms with E-state index in [0.717, 1.165) is 37.8 Å². The molecule has 0 aromatic rings. The predicted molar refractivity (Wildman–Crippen MR) is 149 cm³/mol. The van der Waals surface area contributed by atoms with Gasteiger partial charge in [0.05, 0.1) is 13.2 Å². The highest BCUT2D eigenvalue weighted by Gasteiger charge is 2.52. The van der Waals surface area contributed by atoms with Crippen molar-refractivity contribution in [3.05, 3.63) is 0 Å². The average molecular weight is 504 g/mol. The fourth-order valence-electron chi connectivity index (χ4n) is 8.57. The largest absolute Gasteiger partial charge is 0.377 e. The van der Waals surface area contributed by atoms with Gasteiger partial charge in [-0.3, -0.25) is 4.90 Å². The third kappa shape index (κ3) is 5.70. The van der Waals surface area contributed by atoms with Crippen LogP contribution in [0.5, 0.6) is 0 Å². The van der Waals surface area contributed by atoms with Crippen molar-refractivity contribution in [1.29, 1.82) is 0 Å². The van der Waals surface area contributed by atoms with Crippen molar-refractivity contribution in [1.82, 2.24) is 24.7 Å². The maximum atomic E-state index is 6.39. The standard InChI is InChI=1S/C30H57N5O/c1-4-27(5-2)30(33-19-11-28(12-20-33)32-17-9-26(3)10-18-32)25-36-24-23-35(30)34-21-13-29(14-22-34)31-15-7-6-8-16-31/h26-29H,4-25H2,1-3H3. The van der Waals surface area contributed by atoms with Crippen molar-refractivity contribution in [2.24, 2.45) is 11.8 Å². The number of hydrogen-bond donors (Lipinski definition) is 0. The fourth-order valence-corrected chi connectivity index (χ4v) is 8.57. The van der Waals surface area contributed by atoms with Crippen LogP contribution in [0.3, 0.4) is 0 Å². The molecule has 6 heteroatoms. The number of hydrogen-bond acceptors (Lipinski definition) is 6. The highest BCUT2D eigenvalue weighted by atomic mass is 16.5. The first-order chi connectivity index (χ1) is 17.7. The molecule has 0 aliphatic carbocycles. The number of ether oxygens (including phenoxy) is 1. The van der Waals surface area contributed by atoms with Gasteiger partial charge in [0, 0.05) is 44.8 Å². The van der Waals surface area contributed by atoms with E-state index in [1.807, 2.05) is 0 Å². The van der Waals surface area contributed by atoms with E-state index in [9.17, 15) is 0 Å². The molecule has 5 heterocycles. The minimum atomic E-state index is 0.0428. The second kappa shape index (κ2) is 12.7. The van der Waals surface area contributed by atoms with Crippen molar-refractivity contribution in [3.63, 3.8) is 0 Å². The number of morpholine rings is 1. The molecule has 0 aromatic heterocycles. The van der Waals surface area contributed by atoms with Gasteiger partial charge in [-0.1, -0.05) is 40.0 Å². The molecule has 1 unspecified atom stereocenters. The Kier molecular flexibility index (Phi) is 9.67. The lowest BCUT2D eigenvalue weighted by molar-refractivity contribution is -0.266. The Bertz CT molecular complexity index is 644. The summed E-state index contributed by atoms with van der Waals surface area (Å²) in [4.78, 5) is 8.56. The summed E-state index contributed by atoms with van der Waals surface area (Å²) < 4.78 is 6.39. The van der Waals surface area contributed by atoms with Crippen molar-refractivity contribution < 1.29 is 4.74 Å².